The number of nitrogens with one attached hydrogen (secondary N) is 1. The van der Waals surface area contributed by atoms with Gasteiger partial charge in [0.15, 0.2) is 0 Å². The Hall–Kier alpha value is -1.74. The summed E-state index contributed by atoms with van der Waals surface area (Å²) in [5, 5.41) is 11.4. The van der Waals surface area contributed by atoms with E-state index in [0.29, 0.717) is 19.6 Å². The van der Waals surface area contributed by atoms with Crippen molar-refractivity contribution in [2.75, 3.05) is 19.7 Å². The van der Waals surface area contributed by atoms with Crippen molar-refractivity contribution < 1.29 is 19.4 Å². The van der Waals surface area contributed by atoms with Crippen molar-refractivity contribution in [3.8, 4) is 12.3 Å². The van der Waals surface area contributed by atoms with Crippen LogP contribution in [-0.4, -0.2) is 53.8 Å². The first-order chi connectivity index (χ1) is 8.56. The zero-order chi connectivity index (χ0) is 13.5. The van der Waals surface area contributed by atoms with Crippen LogP contribution in [0, 0.1) is 12.3 Å². The van der Waals surface area contributed by atoms with E-state index in [2.05, 4.69) is 11.2 Å². The van der Waals surface area contributed by atoms with Crippen LogP contribution >= 0.6 is 0 Å². The van der Waals surface area contributed by atoms with Gasteiger partial charge in [-0.1, -0.05) is 12.8 Å². The van der Waals surface area contributed by atoms with Crippen LogP contribution < -0.4 is 5.32 Å². The van der Waals surface area contributed by atoms with Gasteiger partial charge in [0.1, 0.15) is 0 Å². The van der Waals surface area contributed by atoms with Crippen LogP contribution in [0.15, 0.2) is 0 Å². The summed E-state index contributed by atoms with van der Waals surface area (Å²) in [7, 11) is 0. The van der Waals surface area contributed by atoms with E-state index < -0.39 is 12.1 Å². The molecule has 6 nitrogen and oxygen atoms in total. The Kier molecular flexibility index (Phi) is 5.46. The molecule has 1 saturated heterocycles. The molecular weight excluding hydrogens is 236 g/mol. The van der Waals surface area contributed by atoms with Gasteiger partial charge in [0.05, 0.1) is 25.2 Å². The number of amides is 2. The van der Waals surface area contributed by atoms with Crippen molar-refractivity contribution in [2.24, 2.45) is 0 Å². The highest BCUT2D eigenvalue weighted by Gasteiger charge is 2.26. The van der Waals surface area contributed by atoms with Crippen molar-refractivity contribution in [2.45, 2.75) is 31.9 Å². The molecular formula is C12H18N2O4. The van der Waals surface area contributed by atoms with E-state index >= 15 is 0 Å². The van der Waals surface area contributed by atoms with E-state index in [1.807, 2.05) is 6.92 Å². The molecule has 0 radical (unpaired) electrons. The van der Waals surface area contributed by atoms with Crippen molar-refractivity contribution in [1.82, 2.24) is 10.2 Å². The SMILES string of the molecule is C#CC(CC)NC(=O)N1CCOC(CC(=O)O)C1. The minimum atomic E-state index is -0.933. The zero-order valence-electron chi connectivity index (χ0n) is 10.4. The molecule has 1 fully saturated rings. The Labute approximate surface area is 106 Å². The van der Waals surface area contributed by atoms with Gasteiger partial charge in [-0.3, -0.25) is 4.79 Å². The summed E-state index contributed by atoms with van der Waals surface area (Å²) in [4.78, 5) is 24.0. The number of morpholine rings is 1. The third kappa shape index (κ3) is 4.26. The highest BCUT2D eigenvalue weighted by molar-refractivity contribution is 5.75. The van der Waals surface area contributed by atoms with Crippen LogP contribution in [0.25, 0.3) is 0 Å². The van der Waals surface area contributed by atoms with Crippen molar-refractivity contribution in [3.05, 3.63) is 0 Å². The molecule has 0 aliphatic carbocycles. The Bertz CT molecular complexity index is 350. The summed E-state index contributed by atoms with van der Waals surface area (Å²) < 4.78 is 5.28. The molecule has 0 aromatic carbocycles. The Balaban J connectivity index is 2.48. The lowest BCUT2D eigenvalue weighted by Crippen LogP contribution is -2.51. The average molecular weight is 254 g/mol. The smallest absolute Gasteiger partial charge is 0.318 e. The number of aliphatic carboxylic acids is 1. The van der Waals surface area contributed by atoms with Gasteiger partial charge in [0, 0.05) is 13.1 Å². The molecule has 6 heteroatoms. The number of hydrogen-bond acceptors (Lipinski definition) is 3. The number of terminal acetylenes is 1. The monoisotopic (exact) mass is 254 g/mol. The average Bonchev–Trinajstić information content (AvgIpc) is 2.35. The van der Waals surface area contributed by atoms with Crippen molar-refractivity contribution in [1.29, 1.82) is 0 Å². The first-order valence-electron chi connectivity index (χ1n) is 5.91. The number of carboxylic acid groups (broad SMARTS) is 1. The van der Waals surface area contributed by atoms with E-state index in [0.717, 1.165) is 0 Å². The van der Waals surface area contributed by atoms with Crippen LogP contribution in [0.5, 0.6) is 0 Å². The maximum atomic E-state index is 11.9. The predicted octanol–water partition coefficient (Wildman–Crippen LogP) is 0.283. The highest BCUT2D eigenvalue weighted by atomic mass is 16.5. The molecule has 2 N–H and O–H groups in total. The second-order valence-electron chi connectivity index (χ2n) is 4.11. The number of ether oxygens (including phenoxy) is 1. The maximum Gasteiger partial charge on any atom is 0.318 e. The van der Waals surface area contributed by atoms with E-state index in [9.17, 15) is 9.59 Å². The number of hydrogen-bond donors (Lipinski definition) is 2. The molecule has 0 spiro atoms. The summed E-state index contributed by atoms with van der Waals surface area (Å²) in [5.74, 6) is 1.55. The molecule has 2 unspecified atom stereocenters. The lowest BCUT2D eigenvalue weighted by molar-refractivity contribution is -0.141. The van der Waals surface area contributed by atoms with Crippen LogP contribution in [0.1, 0.15) is 19.8 Å². The normalized spacial score (nSPS) is 20.9. The molecule has 1 rings (SSSR count). The molecule has 0 aromatic rings. The molecule has 100 valence electrons. The Morgan fingerprint density at radius 1 is 1.67 bits per heavy atom. The largest absolute Gasteiger partial charge is 0.481 e. The quantitative estimate of drug-likeness (QED) is 0.706. The van der Waals surface area contributed by atoms with Crippen LogP contribution in [-0.2, 0) is 9.53 Å². The standard InChI is InChI=1S/C12H18N2O4/c1-3-9(4-2)13-12(17)14-5-6-18-10(8-14)7-11(15)16/h1,9-10H,4-8H2,2H3,(H,13,17)(H,15,16). The van der Waals surface area contributed by atoms with Gasteiger partial charge in [-0.05, 0) is 6.42 Å². The second kappa shape index (κ2) is 6.87. The lowest BCUT2D eigenvalue weighted by atomic mass is 10.2. The molecule has 1 aliphatic heterocycles. The molecule has 1 heterocycles. The minimum absolute atomic E-state index is 0.101. The maximum absolute atomic E-state index is 11.9. The number of rotatable bonds is 4. The molecule has 2 atom stereocenters. The number of urea groups is 1. The topological polar surface area (TPSA) is 78.9 Å². The zero-order valence-corrected chi connectivity index (χ0v) is 10.4. The second-order valence-corrected chi connectivity index (χ2v) is 4.11. The van der Waals surface area contributed by atoms with E-state index in [1.54, 1.807) is 0 Å². The summed E-state index contributed by atoms with van der Waals surface area (Å²) in [6, 6.07) is -0.559. The fourth-order valence-electron chi connectivity index (χ4n) is 1.72. The van der Waals surface area contributed by atoms with Gasteiger partial charge >= 0.3 is 12.0 Å². The Morgan fingerprint density at radius 2 is 2.39 bits per heavy atom. The van der Waals surface area contributed by atoms with Gasteiger partial charge < -0.3 is 20.1 Å². The third-order valence-corrected chi connectivity index (χ3v) is 2.74. The summed E-state index contributed by atoms with van der Waals surface area (Å²) in [5.41, 5.74) is 0. The predicted molar refractivity (Wildman–Crippen MR) is 65.0 cm³/mol. The van der Waals surface area contributed by atoms with Crippen LogP contribution in [0.4, 0.5) is 4.79 Å². The Morgan fingerprint density at radius 3 is 2.94 bits per heavy atom. The summed E-state index contributed by atoms with van der Waals surface area (Å²) >= 11 is 0. The number of carbonyl (C=O) groups excluding carboxylic acids is 1. The summed E-state index contributed by atoms with van der Waals surface area (Å²) in [6.07, 6.45) is 5.37. The lowest BCUT2D eigenvalue weighted by Gasteiger charge is -2.32. The van der Waals surface area contributed by atoms with Crippen LogP contribution in [0.3, 0.4) is 0 Å². The molecule has 1 aliphatic rings. The van der Waals surface area contributed by atoms with E-state index in [1.165, 1.54) is 4.90 Å². The van der Waals surface area contributed by atoms with Crippen molar-refractivity contribution in [3.63, 3.8) is 0 Å². The first-order valence-corrected chi connectivity index (χ1v) is 5.91. The van der Waals surface area contributed by atoms with Gasteiger partial charge in [-0.25, -0.2) is 4.79 Å². The van der Waals surface area contributed by atoms with Gasteiger partial charge in [-0.2, -0.15) is 0 Å². The highest BCUT2D eigenvalue weighted by Crippen LogP contribution is 2.09. The van der Waals surface area contributed by atoms with Gasteiger partial charge in [-0.15, -0.1) is 6.42 Å². The van der Waals surface area contributed by atoms with Gasteiger partial charge in [0.25, 0.3) is 0 Å². The first kappa shape index (κ1) is 14.3. The molecule has 0 aromatic heterocycles. The molecule has 0 bridgehead atoms. The van der Waals surface area contributed by atoms with Crippen LogP contribution in [0.2, 0.25) is 0 Å². The molecule has 0 saturated carbocycles. The van der Waals surface area contributed by atoms with Crippen molar-refractivity contribution >= 4 is 12.0 Å². The van der Waals surface area contributed by atoms with E-state index in [-0.39, 0.29) is 25.0 Å². The minimum Gasteiger partial charge on any atom is -0.481 e. The fourth-order valence-corrected chi connectivity index (χ4v) is 1.72. The molecule has 2 amide bonds. The third-order valence-electron chi connectivity index (χ3n) is 2.74. The fraction of sp³-hybridized carbons (Fsp3) is 0.667. The van der Waals surface area contributed by atoms with Gasteiger partial charge in [0.2, 0.25) is 0 Å². The number of carbonyl (C=O) groups is 2. The van der Waals surface area contributed by atoms with E-state index in [4.69, 9.17) is 16.3 Å². The number of carboxylic acids is 1. The number of nitrogens with zero attached hydrogens (tertiary/aromatic N) is 1. The molecule has 18 heavy (non-hydrogen) atoms. The summed E-state index contributed by atoms with van der Waals surface area (Å²) in [6.45, 7) is 2.96.